The first kappa shape index (κ1) is 22.1. The average molecular weight is 413 g/mol. The molecule has 1 fully saturated rings. The van der Waals surface area contributed by atoms with E-state index in [0.29, 0.717) is 12.3 Å². The van der Waals surface area contributed by atoms with Crippen LogP contribution in [0.1, 0.15) is 62.1 Å². The van der Waals surface area contributed by atoms with Crippen molar-refractivity contribution in [2.24, 2.45) is 10.7 Å². The number of amidine groups is 1. The first-order valence-electron chi connectivity index (χ1n) is 10.6. The molecule has 1 aliphatic carbocycles. The number of carbonyl (C=O) groups excluding carboxylic acids is 1. The highest BCUT2D eigenvalue weighted by Crippen LogP contribution is 2.23. The molecule has 8 nitrogen and oxygen atoms in total. The number of nitrogens with two attached hydrogens (primary N) is 1. The van der Waals surface area contributed by atoms with E-state index in [9.17, 15) is 4.79 Å². The molecule has 162 valence electrons. The van der Waals surface area contributed by atoms with Crippen molar-refractivity contribution >= 4 is 22.6 Å². The molecule has 30 heavy (non-hydrogen) atoms. The molecule has 0 radical (unpaired) electrons. The molecule has 1 amide bonds. The third-order valence-corrected chi connectivity index (χ3v) is 5.40. The van der Waals surface area contributed by atoms with Gasteiger partial charge >= 0.3 is 5.91 Å². The van der Waals surface area contributed by atoms with Crippen LogP contribution in [0.25, 0.3) is 10.9 Å². The fraction of sp³-hybridized carbons (Fsp3) is 0.545. The van der Waals surface area contributed by atoms with E-state index in [0.717, 1.165) is 42.1 Å². The number of hydrogen-bond acceptors (Lipinski definition) is 6. The Labute approximate surface area is 177 Å². The zero-order valence-corrected chi connectivity index (χ0v) is 18.0. The Morgan fingerprint density at radius 3 is 2.87 bits per heavy atom. The minimum Gasteiger partial charge on any atom is -0.396 e. The van der Waals surface area contributed by atoms with Gasteiger partial charge in [-0.25, -0.2) is 15.4 Å². The molecule has 3 rings (SSSR count). The molecule has 1 saturated carbocycles. The highest BCUT2D eigenvalue weighted by atomic mass is 16.3. The summed E-state index contributed by atoms with van der Waals surface area (Å²) in [6.07, 6.45) is 5.99. The van der Waals surface area contributed by atoms with Crippen molar-refractivity contribution in [3.8, 4) is 0 Å². The lowest BCUT2D eigenvalue weighted by Gasteiger charge is -2.36. The van der Waals surface area contributed by atoms with Crippen LogP contribution in [0.5, 0.6) is 0 Å². The van der Waals surface area contributed by atoms with Gasteiger partial charge in [0, 0.05) is 30.1 Å². The van der Waals surface area contributed by atoms with Crippen LogP contribution >= 0.6 is 0 Å². The zero-order valence-electron chi connectivity index (χ0n) is 18.0. The number of hydrazine groups is 1. The first-order valence-corrected chi connectivity index (χ1v) is 10.6. The Morgan fingerprint density at radius 2 is 2.13 bits per heavy atom. The van der Waals surface area contributed by atoms with Crippen molar-refractivity contribution in [2.75, 3.05) is 6.61 Å². The number of benzene rings is 1. The van der Waals surface area contributed by atoms with E-state index < -0.39 is 0 Å². The van der Waals surface area contributed by atoms with Crippen LogP contribution in [0.3, 0.4) is 0 Å². The molecule has 1 heterocycles. The predicted molar refractivity (Wildman–Crippen MR) is 118 cm³/mol. The summed E-state index contributed by atoms with van der Waals surface area (Å²) >= 11 is 0. The topological polar surface area (TPSA) is 117 Å². The molecule has 0 saturated heterocycles. The van der Waals surface area contributed by atoms with Gasteiger partial charge in [-0.05, 0) is 45.7 Å². The minimum absolute atomic E-state index is 0.00884. The summed E-state index contributed by atoms with van der Waals surface area (Å²) in [6, 6.07) is 5.76. The normalized spacial score (nSPS) is 20.0. The molecular weight excluding hydrogens is 380 g/mol. The summed E-state index contributed by atoms with van der Waals surface area (Å²) in [5.74, 6) is 0.360. The van der Waals surface area contributed by atoms with Gasteiger partial charge in [0.1, 0.15) is 0 Å². The Hall–Kier alpha value is -2.58. The van der Waals surface area contributed by atoms with Crippen molar-refractivity contribution in [2.45, 2.75) is 71.0 Å². The molecule has 8 heteroatoms. The van der Waals surface area contributed by atoms with Crippen molar-refractivity contribution in [1.29, 1.82) is 0 Å². The maximum absolute atomic E-state index is 13.2. The molecule has 0 spiro atoms. The summed E-state index contributed by atoms with van der Waals surface area (Å²) < 4.78 is 0. The standard InChI is InChI=1S/C22H32N6O2/c1-14(2)28(27-19-7-5-4-6-18(19)25-20(23)10-11-29)22(30)21-24-13-16-12-15(3)8-9-17(16)26-21/h8-9,12-14,18-19,27,29H,4-7,10-11H2,1-3H3,(H2,23,25)/t18-,19+/m1/s1. The van der Waals surface area contributed by atoms with Gasteiger partial charge in [0.25, 0.3) is 0 Å². The number of aliphatic imine (C=N–C) groups is 1. The number of aliphatic hydroxyl groups is 1. The van der Waals surface area contributed by atoms with E-state index in [1.54, 1.807) is 11.2 Å². The highest BCUT2D eigenvalue weighted by molar-refractivity contribution is 5.92. The second-order valence-electron chi connectivity index (χ2n) is 8.21. The second-order valence-corrected chi connectivity index (χ2v) is 8.21. The predicted octanol–water partition coefficient (Wildman–Crippen LogP) is 2.34. The molecule has 1 aromatic heterocycles. The molecule has 4 N–H and O–H groups in total. The van der Waals surface area contributed by atoms with Gasteiger partial charge in [0.15, 0.2) is 0 Å². The number of hydrogen-bond donors (Lipinski definition) is 3. The largest absolute Gasteiger partial charge is 0.396 e. The summed E-state index contributed by atoms with van der Waals surface area (Å²) in [4.78, 5) is 26.7. The number of fused-ring (bicyclic) bond motifs is 1. The van der Waals surface area contributed by atoms with Gasteiger partial charge in [-0.3, -0.25) is 14.8 Å². The Kier molecular flexibility index (Phi) is 7.33. The van der Waals surface area contributed by atoms with Gasteiger partial charge in [0.2, 0.25) is 5.82 Å². The van der Waals surface area contributed by atoms with E-state index in [2.05, 4.69) is 20.4 Å². The SMILES string of the molecule is Cc1ccc2nc(C(=O)N(N[C@H]3CCCC[C@H]3N=C(N)CCO)C(C)C)ncc2c1. The zero-order chi connectivity index (χ0) is 21.7. The van der Waals surface area contributed by atoms with Crippen molar-refractivity contribution in [3.05, 3.63) is 35.8 Å². The number of rotatable bonds is 7. The van der Waals surface area contributed by atoms with Crippen LogP contribution < -0.4 is 11.2 Å². The van der Waals surface area contributed by atoms with Gasteiger partial charge in [-0.1, -0.05) is 24.5 Å². The van der Waals surface area contributed by atoms with Crippen LogP contribution in [0.2, 0.25) is 0 Å². The second kappa shape index (κ2) is 9.95. The Balaban J connectivity index is 1.81. The molecule has 2 aromatic rings. The quantitative estimate of drug-likeness (QED) is 0.365. The summed E-state index contributed by atoms with van der Waals surface area (Å²) in [6.45, 7) is 5.90. The maximum atomic E-state index is 13.2. The van der Waals surface area contributed by atoms with E-state index >= 15 is 0 Å². The molecule has 0 bridgehead atoms. The van der Waals surface area contributed by atoms with Crippen LogP contribution in [0, 0.1) is 6.92 Å². The number of nitrogens with zero attached hydrogens (tertiary/aromatic N) is 4. The van der Waals surface area contributed by atoms with E-state index in [-0.39, 0.29) is 36.5 Å². The molecule has 1 aliphatic rings. The van der Waals surface area contributed by atoms with Crippen LogP contribution in [0.15, 0.2) is 29.4 Å². The Morgan fingerprint density at radius 1 is 1.37 bits per heavy atom. The fourth-order valence-electron chi connectivity index (χ4n) is 3.79. The highest BCUT2D eigenvalue weighted by Gasteiger charge is 2.30. The molecule has 1 aromatic carbocycles. The fourth-order valence-corrected chi connectivity index (χ4v) is 3.79. The van der Waals surface area contributed by atoms with Crippen molar-refractivity contribution in [1.82, 2.24) is 20.4 Å². The van der Waals surface area contributed by atoms with E-state index in [4.69, 9.17) is 10.8 Å². The minimum atomic E-state index is -0.260. The lowest BCUT2D eigenvalue weighted by Crippen LogP contribution is -2.56. The summed E-state index contributed by atoms with van der Waals surface area (Å²) in [7, 11) is 0. The van der Waals surface area contributed by atoms with Gasteiger partial charge < -0.3 is 10.8 Å². The van der Waals surface area contributed by atoms with E-state index in [1.165, 1.54) is 0 Å². The number of aromatic nitrogens is 2. The lowest BCUT2D eigenvalue weighted by molar-refractivity contribution is 0.0479. The Bertz CT molecular complexity index is 914. The van der Waals surface area contributed by atoms with E-state index in [1.807, 2.05) is 39.0 Å². The average Bonchev–Trinajstić information content (AvgIpc) is 2.72. The molecule has 2 atom stereocenters. The van der Waals surface area contributed by atoms with Gasteiger partial charge in [-0.15, -0.1) is 0 Å². The van der Waals surface area contributed by atoms with Gasteiger partial charge in [0.05, 0.1) is 24.0 Å². The van der Waals surface area contributed by atoms with Gasteiger partial charge in [-0.2, -0.15) is 0 Å². The number of aliphatic hydroxyl groups excluding tert-OH is 1. The number of nitrogens with one attached hydrogen (secondary N) is 1. The summed E-state index contributed by atoms with van der Waals surface area (Å²) in [5, 5.41) is 11.6. The van der Waals surface area contributed by atoms with Crippen molar-refractivity contribution in [3.63, 3.8) is 0 Å². The first-order chi connectivity index (χ1) is 14.4. The summed E-state index contributed by atoms with van der Waals surface area (Å²) in [5.41, 5.74) is 11.2. The smallest absolute Gasteiger partial charge is 0.306 e. The molecule has 0 unspecified atom stereocenters. The third kappa shape index (κ3) is 5.31. The van der Waals surface area contributed by atoms with Crippen molar-refractivity contribution < 1.29 is 9.90 Å². The molecule has 0 aliphatic heterocycles. The monoisotopic (exact) mass is 412 g/mol. The van der Waals surface area contributed by atoms with Crippen LogP contribution in [0.4, 0.5) is 0 Å². The van der Waals surface area contributed by atoms with Crippen LogP contribution in [-0.4, -0.2) is 56.6 Å². The third-order valence-electron chi connectivity index (χ3n) is 5.40. The molecular formula is C22H32N6O2. The maximum Gasteiger partial charge on any atom is 0.306 e. The number of aryl methyl sites for hydroxylation is 1. The lowest BCUT2D eigenvalue weighted by atomic mass is 9.91. The number of amides is 1. The van der Waals surface area contributed by atoms with Crippen LogP contribution in [-0.2, 0) is 0 Å². The number of carbonyl (C=O) groups is 1.